The Kier molecular flexibility index (Phi) is 3.46. The van der Waals surface area contributed by atoms with Crippen LogP contribution in [-0.4, -0.2) is 35.6 Å². The van der Waals surface area contributed by atoms with Crippen LogP contribution >= 0.6 is 0 Å². The summed E-state index contributed by atoms with van der Waals surface area (Å²) in [5.41, 5.74) is 1.39. The Hall–Kier alpha value is -1.14. The Bertz CT molecular complexity index is 633. The maximum Gasteiger partial charge on any atom is 0.246 e. The SMILES string of the molecule is CCn1cc(S(=O)(=O)N2C[C@H]3CC(C)=CC[C@H]3C2)cn1. The molecule has 6 heteroatoms. The first kappa shape index (κ1) is 13.8. The summed E-state index contributed by atoms with van der Waals surface area (Å²) in [5, 5.41) is 4.08. The lowest BCUT2D eigenvalue weighted by Gasteiger charge is -2.22. The minimum absolute atomic E-state index is 0.322. The van der Waals surface area contributed by atoms with Crippen LogP contribution < -0.4 is 0 Å². The normalized spacial score (nSPS) is 27.4. The van der Waals surface area contributed by atoms with E-state index in [0.29, 0.717) is 36.4 Å². The Morgan fingerprint density at radius 1 is 1.35 bits per heavy atom. The number of hydrogen-bond acceptors (Lipinski definition) is 3. The average molecular weight is 295 g/mol. The van der Waals surface area contributed by atoms with Crippen molar-refractivity contribution in [3.05, 3.63) is 24.0 Å². The van der Waals surface area contributed by atoms with Crippen molar-refractivity contribution in [3.63, 3.8) is 0 Å². The van der Waals surface area contributed by atoms with E-state index in [2.05, 4.69) is 18.1 Å². The molecular weight excluding hydrogens is 274 g/mol. The fourth-order valence-electron chi connectivity index (χ4n) is 3.24. The molecule has 0 spiro atoms. The third kappa shape index (κ3) is 2.31. The third-order valence-electron chi connectivity index (χ3n) is 4.47. The van der Waals surface area contributed by atoms with Gasteiger partial charge in [0.25, 0.3) is 0 Å². The number of aromatic nitrogens is 2. The molecule has 1 fully saturated rings. The summed E-state index contributed by atoms with van der Waals surface area (Å²) in [4.78, 5) is 0.322. The van der Waals surface area contributed by atoms with E-state index < -0.39 is 10.0 Å². The molecule has 0 aromatic carbocycles. The molecule has 1 aliphatic carbocycles. The largest absolute Gasteiger partial charge is 0.272 e. The van der Waals surface area contributed by atoms with Gasteiger partial charge >= 0.3 is 0 Å². The van der Waals surface area contributed by atoms with Gasteiger partial charge in [0.15, 0.2) is 0 Å². The van der Waals surface area contributed by atoms with Crippen molar-refractivity contribution in [3.8, 4) is 0 Å². The van der Waals surface area contributed by atoms with Crippen molar-refractivity contribution in [1.29, 1.82) is 0 Å². The van der Waals surface area contributed by atoms with Crippen LogP contribution in [0.4, 0.5) is 0 Å². The fourth-order valence-corrected chi connectivity index (χ4v) is 4.75. The van der Waals surface area contributed by atoms with Crippen LogP contribution in [0.25, 0.3) is 0 Å². The summed E-state index contributed by atoms with van der Waals surface area (Å²) < 4.78 is 28.6. The topological polar surface area (TPSA) is 55.2 Å². The summed E-state index contributed by atoms with van der Waals surface area (Å²) in [6.07, 6.45) is 7.39. The number of nitrogens with zero attached hydrogens (tertiary/aromatic N) is 3. The number of rotatable bonds is 3. The van der Waals surface area contributed by atoms with Crippen molar-refractivity contribution in [1.82, 2.24) is 14.1 Å². The van der Waals surface area contributed by atoms with E-state index in [-0.39, 0.29) is 0 Å². The van der Waals surface area contributed by atoms with E-state index in [4.69, 9.17) is 0 Å². The van der Waals surface area contributed by atoms with E-state index in [1.165, 1.54) is 11.8 Å². The molecule has 1 aromatic heterocycles. The smallest absolute Gasteiger partial charge is 0.246 e. The molecule has 1 aromatic rings. The average Bonchev–Trinajstić information content (AvgIpc) is 3.04. The highest BCUT2D eigenvalue weighted by molar-refractivity contribution is 7.89. The lowest BCUT2D eigenvalue weighted by atomic mass is 9.83. The first-order valence-electron chi connectivity index (χ1n) is 7.19. The zero-order valence-corrected chi connectivity index (χ0v) is 12.8. The van der Waals surface area contributed by atoms with Crippen LogP contribution in [-0.2, 0) is 16.6 Å². The van der Waals surface area contributed by atoms with Crippen LogP contribution in [0, 0.1) is 11.8 Å². The van der Waals surface area contributed by atoms with Crippen molar-refractivity contribution >= 4 is 10.0 Å². The number of hydrogen-bond donors (Lipinski definition) is 0. The van der Waals surface area contributed by atoms with E-state index >= 15 is 0 Å². The Balaban J connectivity index is 1.80. The summed E-state index contributed by atoms with van der Waals surface area (Å²) in [7, 11) is -3.38. The van der Waals surface area contributed by atoms with E-state index in [1.807, 2.05) is 6.92 Å². The molecule has 1 aliphatic heterocycles. The first-order chi connectivity index (χ1) is 9.50. The molecule has 2 atom stereocenters. The van der Waals surface area contributed by atoms with E-state index in [0.717, 1.165) is 12.8 Å². The Morgan fingerprint density at radius 3 is 2.80 bits per heavy atom. The van der Waals surface area contributed by atoms with Gasteiger partial charge in [0.1, 0.15) is 4.90 Å². The molecule has 110 valence electrons. The predicted octanol–water partition coefficient (Wildman–Crippen LogP) is 1.88. The van der Waals surface area contributed by atoms with Gasteiger partial charge in [-0.3, -0.25) is 4.68 Å². The number of aryl methyl sites for hydroxylation is 1. The summed E-state index contributed by atoms with van der Waals surface area (Å²) in [6, 6.07) is 0. The minimum atomic E-state index is -3.38. The summed E-state index contributed by atoms with van der Waals surface area (Å²) in [6.45, 7) is 6.06. The lowest BCUT2D eigenvalue weighted by molar-refractivity contribution is 0.400. The van der Waals surface area contributed by atoms with E-state index in [1.54, 1.807) is 15.2 Å². The molecule has 2 heterocycles. The standard InChI is InChI=1S/C14H21N3O2S/c1-3-16-10-14(7-15-16)20(18,19)17-8-12-5-4-11(2)6-13(12)9-17/h4,7,10,12-13H,3,5-6,8-9H2,1-2H3/t12-,13+/m0/s1. The number of fused-ring (bicyclic) bond motifs is 1. The monoisotopic (exact) mass is 295 g/mol. The summed E-state index contributed by atoms with van der Waals surface area (Å²) in [5.74, 6) is 0.964. The molecule has 5 nitrogen and oxygen atoms in total. The van der Waals surface area contributed by atoms with Crippen LogP contribution in [0.15, 0.2) is 28.9 Å². The third-order valence-corrected chi connectivity index (χ3v) is 6.25. The molecule has 2 aliphatic rings. The fraction of sp³-hybridized carbons (Fsp3) is 0.643. The van der Waals surface area contributed by atoms with Crippen LogP contribution in [0.5, 0.6) is 0 Å². The molecule has 0 amide bonds. The van der Waals surface area contributed by atoms with E-state index in [9.17, 15) is 8.42 Å². The number of allylic oxidation sites excluding steroid dienone is 2. The van der Waals surface area contributed by atoms with Gasteiger partial charge in [-0.25, -0.2) is 8.42 Å². The predicted molar refractivity (Wildman–Crippen MR) is 76.6 cm³/mol. The molecule has 0 radical (unpaired) electrons. The zero-order valence-electron chi connectivity index (χ0n) is 12.0. The quantitative estimate of drug-likeness (QED) is 0.800. The minimum Gasteiger partial charge on any atom is -0.272 e. The van der Waals surface area contributed by atoms with Gasteiger partial charge in [-0.05, 0) is 38.5 Å². The van der Waals surface area contributed by atoms with Gasteiger partial charge in [-0.2, -0.15) is 9.40 Å². The summed E-state index contributed by atoms with van der Waals surface area (Å²) >= 11 is 0. The van der Waals surface area contributed by atoms with Gasteiger partial charge in [0.2, 0.25) is 10.0 Å². The first-order valence-corrected chi connectivity index (χ1v) is 8.63. The highest BCUT2D eigenvalue weighted by atomic mass is 32.2. The molecule has 0 N–H and O–H groups in total. The lowest BCUT2D eigenvalue weighted by Crippen LogP contribution is -2.29. The van der Waals surface area contributed by atoms with Gasteiger partial charge in [-0.1, -0.05) is 11.6 Å². The van der Waals surface area contributed by atoms with Crippen molar-refractivity contribution in [2.45, 2.75) is 38.1 Å². The van der Waals surface area contributed by atoms with Crippen molar-refractivity contribution in [2.24, 2.45) is 11.8 Å². The highest BCUT2D eigenvalue weighted by Gasteiger charge is 2.40. The van der Waals surface area contributed by atoms with Crippen LogP contribution in [0.1, 0.15) is 26.7 Å². The second-order valence-electron chi connectivity index (χ2n) is 5.86. The van der Waals surface area contributed by atoms with Crippen molar-refractivity contribution in [2.75, 3.05) is 13.1 Å². The van der Waals surface area contributed by atoms with Gasteiger partial charge in [0.05, 0.1) is 6.20 Å². The second kappa shape index (κ2) is 5.00. The molecular formula is C14H21N3O2S. The van der Waals surface area contributed by atoms with Crippen molar-refractivity contribution < 1.29 is 8.42 Å². The molecule has 0 saturated carbocycles. The maximum atomic E-state index is 12.6. The van der Waals surface area contributed by atoms with Crippen LogP contribution in [0.2, 0.25) is 0 Å². The van der Waals surface area contributed by atoms with Gasteiger partial charge in [-0.15, -0.1) is 0 Å². The number of sulfonamides is 1. The molecule has 1 saturated heterocycles. The van der Waals surface area contributed by atoms with Gasteiger partial charge in [0, 0.05) is 25.8 Å². The van der Waals surface area contributed by atoms with Gasteiger partial charge < -0.3 is 0 Å². The molecule has 3 rings (SSSR count). The second-order valence-corrected chi connectivity index (χ2v) is 7.80. The zero-order chi connectivity index (χ0) is 14.3. The molecule has 20 heavy (non-hydrogen) atoms. The molecule has 0 unspecified atom stereocenters. The Labute approximate surface area is 120 Å². The van der Waals surface area contributed by atoms with Crippen LogP contribution in [0.3, 0.4) is 0 Å². The molecule has 0 bridgehead atoms. The maximum absolute atomic E-state index is 12.6. The highest BCUT2D eigenvalue weighted by Crippen LogP contribution is 2.37. The Morgan fingerprint density at radius 2 is 2.10 bits per heavy atom.